The SMILES string of the molecule is CCC1CCC(CN2C3CCC2CC(NC)C3)CC1. The fourth-order valence-corrected chi connectivity index (χ4v) is 4.93. The lowest BCUT2D eigenvalue weighted by atomic mass is 9.80. The normalized spacial score (nSPS) is 43.6. The first-order valence-electron chi connectivity index (χ1n) is 8.73. The Balaban J connectivity index is 1.51. The fraction of sp³-hybridized carbons (Fsp3) is 1.00. The lowest BCUT2D eigenvalue weighted by molar-refractivity contribution is 0.0849. The molecule has 2 aliphatic heterocycles. The van der Waals surface area contributed by atoms with Crippen LogP contribution in [0.5, 0.6) is 0 Å². The van der Waals surface area contributed by atoms with Crippen LogP contribution in [0.4, 0.5) is 0 Å². The van der Waals surface area contributed by atoms with E-state index in [4.69, 9.17) is 0 Å². The van der Waals surface area contributed by atoms with Gasteiger partial charge in [0.15, 0.2) is 0 Å². The summed E-state index contributed by atoms with van der Waals surface area (Å²) in [6.07, 6.45) is 13.2. The summed E-state index contributed by atoms with van der Waals surface area (Å²) >= 11 is 0. The van der Waals surface area contributed by atoms with Gasteiger partial charge in [0, 0.05) is 24.7 Å². The van der Waals surface area contributed by atoms with Gasteiger partial charge in [0.2, 0.25) is 0 Å². The van der Waals surface area contributed by atoms with Gasteiger partial charge in [0.05, 0.1) is 0 Å². The number of hydrogen-bond donors (Lipinski definition) is 1. The smallest absolute Gasteiger partial charge is 0.0114 e. The molecule has 2 nitrogen and oxygen atoms in total. The summed E-state index contributed by atoms with van der Waals surface area (Å²) in [6, 6.07) is 2.60. The molecular weight excluding hydrogens is 232 g/mol. The topological polar surface area (TPSA) is 15.3 Å². The second-order valence-corrected chi connectivity index (χ2v) is 7.33. The highest BCUT2D eigenvalue weighted by atomic mass is 15.2. The predicted molar refractivity (Wildman–Crippen MR) is 81.3 cm³/mol. The van der Waals surface area contributed by atoms with Crippen LogP contribution in [-0.2, 0) is 0 Å². The van der Waals surface area contributed by atoms with Crippen molar-refractivity contribution >= 4 is 0 Å². The van der Waals surface area contributed by atoms with Gasteiger partial charge in [-0.3, -0.25) is 4.90 Å². The van der Waals surface area contributed by atoms with Crippen molar-refractivity contribution in [2.45, 2.75) is 82.8 Å². The van der Waals surface area contributed by atoms with E-state index in [9.17, 15) is 0 Å². The average molecular weight is 264 g/mol. The molecule has 0 radical (unpaired) electrons. The van der Waals surface area contributed by atoms with Gasteiger partial charge in [-0.25, -0.2) is 0 Å². The van der Waals surface area contributed by atoms with E-state index in [0.717, 1.165) is 30.0 Å². The zero-order valence-corrected chi connectivity index (χ0v) is 12.9. The maximum absolute atomic E-state index is 3.52. The lowest BCUT2D eigenvalue weighted by Gasteiger charge is -2.41. The van der Waals surface area contributed by atoms with E-state index in [1.54, 1.807) is 0 Å². The van der Waals surface area contributed by atoms with Gasteiger partial charge in [-0.05, 0) is 57.4 Å². The van der Waals surface area contributed by atoms with Crippen LogP contribution in [0.3, 0.4) is 0 Å². The van der Waals surface area contributed by atoms with Crippen molar-refractivity contribution in [3.05, 3.63) is 0 Å². The van der Waals surface area contributed by atoms with E-state index in [1.807, 2.05) is 0 Å². The van der Waals surface area contributed by atoms with Crippen LogP contribution in [0.1, 0.15) is 64.7 Å². The maximum atomic E-state index is 3.52. The van der Waals surface area contributed by atoms with E-state index < -0.39 is 0 Å². The summed E-state index contributed by atoms with van der Waals surface area (Å²) in [6.45, 7) is 3.79. The van der Waals surface area contributed by atoms with Crippen molar-refractivity contribution in [3.63, 3.8) is 0 Å². The van der Waals surface area contributed by atoms with Crippen LogP contribution < -0.4 is 5.32 Å². The molecule has 1 saturated carbocycles. The molecule has 1 N–H and O–H groups in total. The summed E-state index contributed by atoms with van der Waals surface area (Å²) in [5.41, 5.74) is 0. The van der Waals surface area contributed by atoms with Gasteiger partial charge in [-0.15, -0.1) is 0 Å². The van der Waals surface area contributed by atoms with Gasteiger partial charge in [0.1, 0.15) is 0 Å². The molecule has 3 rings (SSSR count). The number of rotatable bonds is 4. The van der Waals surface area contributed by atoms with Gasteiger partial charge < -0.3 is 5.32 Å². The zero-order chi connectivity index (χ0) is 13.2. The van der Waals surface area contributed by atoms with Crippen molar-refractivity contribution in [3.8, 4) is 0 Å². The number of hydrogen-bond acceptors (Lipinski definition) is 2. The molecule has 0 amide bonds. The van der Waals surface area contributed by atoms with Crippen LogP contribution in [0.25, 0.3) is 0 Å². The number of nitrogens with zero attached hydrogens (tertiary/aromatic N) is 1. The second-order valence-electron chi connectivity index (χ2n) is 7.33. The summed E-state index contributed by atoms with van der Waals surface area (Å²) < 4.78 is 0. The zero-order valence-electron chi connectivity index (χ0n) is 12.9. The first-order valence-corrected chi connectivity index (χ1v) is 8.73. The molecule has 19 heavy (non-hydrogen) atoms. The van der Waals surface area contributed by atoms with Gasteiger partial charge in [0.25, 0.3) is 0 Å². The largest absolute Gasteiger partial charge is 0.317 e. The Morgan fingerprint density at radius 3 is 2.00 bits per heavy atom. The van der Waals surface area contributed by atoms with E-state index in [-0.39, 0.29) is 0 Å². The summed E-state index contributed by atoms with van der Waals surface area (Å²) in [5, 5.41) is 3.52. The minimum absolute atomic E-state index is 0.796. The Bertz CT molecular complexity index is 269. The highest BCUT2D eigenvalue weighted by molar-refractivity contribution is 4.97. The minimum Gasteiger partial charge on any atom is -0.317 e. The van der Waals surface area contributed by atoms with Gasteiger partial charge >= 0.3 is 0 Å². The van der Waals surface area contributed by atoms with E-state index >= 15 is 0 Å². The number of nitrogens with one attached hydrogen (secondary N) is 1. The molecule has 1 aliphatic carbocycles. The Morgan fingerprint density at radius 1 is 0.895 bits per heavy atom. The Morgan fingerprint density at radius 2 is 1.47 bits per heavy atom. The van der Waals surface area contributed by atoms with Crippen molar-refractivity contribution in [1.82, 2.24) is 10.2 Å². The Hall–Kier alpha value is -0.0800. The molecule has 3 fully saturated rings. The molecule has 110 valence electrons. The third kappa shape index (κ3) is 3.00. The highest BCUT2D eigenvalue weighted by Gasteiger charge is 2.41. The summed E-state index contributed by atoms with van der Waals surface area (Å²) in [4.78, 5) is 2.91. The van der Waals surface area contributed by atoms with Crippen LogP contribution in [0.2, 0.25) is 0 Å². The van der Waals surface area contributed by atoms with E-state index in [0.29, 0.717) is 0 Å². The monoisotopic (exact) mass is 264 g/mol. The summed E-state index contributed by atoms with van der Waals surface area (Å²) in [7, 11) is 2.14. The maximum Gasteiger partial charge on any atom is 0.0114 e. The first-order chi connectivity index (χ1) is 9.30. The number of fused-ring (bicyclic) bond motifs is 2. The van der Waals surface area contributed by atoms with Crippen LogP contribution in [0.15, 0.2) is 0 Å². The van der Waals surface area contributed by atoms with Crippen LogP contribution in [-0.4, -0.2) is 36.6 Å². The highest BCUT2D eigenvalue weighted by Crippen LogP contribution is 2.38. The van der Waals surface area contributed by atoms with Crippen molar-refractivity contribution in [2.24, 2.45) is 11.8 Å². The van der Waals surface area contributed by atoms with E-state index in [2.05, 4.69) is 24.2 Å². The average Bonchev–Trinajstić information content (AvgIpc) is 2.70. The van der Waals surface area contributed by atoms with Gasteiger partial charge in [-0.1, -0.05) is 26.2 Å². The van der Waals surface area contributed by atoms with Crippen molar-refractivity contribution in [2.75, 3.05) is 13.6 Å². The number of piperidine rings is 1. The molecule has 0 aromatic carbocycles. The summed E-state index contributed by atoms with van der Waals surface area (Å²) in [5.74, 6) is 2.06. The molecule has 0 aromatic rings. The third-order valence-corrected chi connectivity index (χ3v) is 6.31. The molecule has 2 saturated heterocycles. The van der Waals surface area contributed by atoms with Crippen LogP contribution >= 0.6 is 0 Å². The lowest BCUT2D eigenvalue weighted by Crippen LogP contribution is -2.50. The molecule has 2 heterocycles. The van der Waals surface area contributed by atoms with Crippen LogP contribution in [0, 0.1) is 11.8 Å². The van der Waals surface area contributed by atoms with E-state index in [1.165, 1.54) is 64.3 Å². The Labute approximate surface area is 119 Å². The second kappa shape index (κ2) is 6.13. The van der Waals surface area contributed by atoms with Gasteiger partial charge in [-0.2, -0.15) is 0 Å². The quantitative estimate of drug-likeness (QED) is 0.837. The molecule has 2 heteroatoms. The molecule has 0 spiro atoms. The minimum atomic E-state index is 0.796. The molecule has 3 aliphatic rings. The van der Waals surface area contributed by atoms with Crippen molar-refractivity contribution < 1.29 is 0 Å². The Kier molecular flexibility index (Phi) is 4.48. The first kappa shape index (κ1) is 13.9. The molecular formula is C17H32N2. The molecule has 2 unspecified atom stereocenters. The fourth-order valence-electron chi connectivity index (χ4n) is 4.93. The molecule has 0 aromatic heterocycles. The molecule has 2 bridgehead atoms. The predicted octanol–water partition coefficient (Wildman–Crippen LogP) is 3.42. The molecule has 2 atom stereocenters. The van der Waals surface area contributed by atoms with Crippen molar-refractivity contribution in [1.29, 1.82) is 0 Å². The standard InChI is InChI=1S/C17H32N2/c1-3-13-4-6-14(7-5-13)12-19-16-8-9-17(19)11-15(10-16)18-2/h13-18H,3-12H2,1-2H3. The third-order valence-electron chi connectivity index (χ3n) is 6.31.